The average molecular weight is 333 g/mol. The van der Waals surface area contributed by atoms with Crippen LogP contribution in [0.3, 0.4) is 0 Å². The quantitative estimate of drug-likeness (QED) is 0.570. The molecule has 4 rings (SSSR count). The first kappa shape index (κ1) is 15.1. The topological polar surface area (TPSA) is 78.9 Å². The fraction of sp³-hybridized carbons (Fsp3) is 0.111. The Morgan fingerprint density at radius 2 is 1.76 bits per heavy atom. The fourth-order valence-electron chi connectivity index (χ4n) is 2.37. The molecule has 0 saturated carbocycles. The second-order valence-corrected chi connectivity index (χ2v) is 5.54. The van der Waals surface area contributed by atoms with Gasteiger partial charge in [0.15, 0.2) is 5.69 Å². The molecule has 0 saturated heterocycles. The number of benzene rings is 2. The van der Waals surface area contributed by atoms with Crippen molar-refractivity contribution in [3.63, 3.8) is 0 Å². The molecule has 0 bridgehead atoms. The lowest BCUT2D eigenvalue weighted by molar-refractivity contribution is 0.414. The van der Waals surface area contributed by atoms with E-state index in [9.17, 15) is 0 Å². The molecule has 7 nitrogen and oxygen atoms in total. The zero-order valence-electron chi connectivity index (χ0n) is 13.7. The predicted molar refractivity (Wildman–Crippen MR) is 91.4 cm³/mol. The van der Waals surface area contributed by atoms with E-state index >= 15 is 0 Å². The van der Waals surface area contributed by atoms with Crippen molar-refractivity contribution in [2.75, 3.05) is 7.11 Å². The number of aryl methyl sites for hydroxylation is 1. The Labute approximate surface area is 143 Å². The molecule has 2 aromatic heterocycles. The maximum absolute atomic E-state index is 5.33. The molecule has 2 heterocycles. The van der Waals surface area contributed by atoms with Crippen LogP contribution in [0.15, 0.2) is 59.3 Å². The van der Waals surface area contributed by atoms with Gasteiger partial charge in [0.25, 0.3) is 5.89 Å². The Morgan fingerprint density at radius 3 is 2.48 bits per heavy atom. The summed E-state index contributed by atoms with van der Waals surface area (Å²) in [6.07, 6.45) is 1.77. The summed E-state index contributed by atoms with van der Waals surface area (Å²) in [5.41, 5.74) is 3.46. The molecule has 0 aliphatic carbocycles. The number of ether oxygens (including phenoxy) is 1. The van der Waals surface area contributed by atoms with Crippen molar-refractivity contribution in [3.8, 4) is 34.4 Å². The Kier molecular flexibility index (Phi) is 3.74. The van der Waals surface area contributed by atoms with Gasteiger partial charge in [-0.3, -0.25) is 0 Å². The van der Waals surface area contributed by atoms with Crippen LogP contribution in [-0.4, -0.2) is 32.2 Å². The molecule has 0 unspecified atom stereocenters. The number of aromatic nitrogens is 5. The monoisotopic (exact) mass is 333 g/mol. The van der Waals surface area contributed by atoms with E-state index in [0.29, 0.717) is 17.4 Å². The van der Waals surface area contributed by atoms with Crippen molar-refractivity contribution in [2.45, 2.75) is 6.92 Å². The van der Waals surface area contributed by atoms with E-state index in [4.69, 9.17) is 9.26 Å². The first-order chi connectivity index (χ1) is 12.2. The molecule has 0 spiro atoms. The third-order valence-corrected chi connectivity index (χ3v) is 3.78. The van der Waals surface area contributed by atoms with Gasteiger partial charge in [0.2, 0.25) is 5.82 Å². The lowest BCUT2D eigenvalue weighted by atomic mass is 10.2. The van der Waals surface area contributed by atoms with Crippen molar-refractivity contribution in [3.05, 3.63) is 60.3 Å². The third kappa shape index (κ3) is 2.99. The van der Waals surface area contributed by atoms with Crippen LogP contribution in [0.4, 0.5) is 0 Å². The van der Waals surface area contributed by atoms with Crippen LogP contribution in [0.25, 0.3) is 28.7 Å². The summed E-state index contributed by atoms with van der Waals surface area (Å²) in [5, 5.41) is 12.2. The molecular formula is C18H15N5O2. The van der Waals surface area contributed by atoms with Gasteiger partial charge >= 0.3 is 0 Å². The summed E-state index contributed by atoms with van der Waals surface area (Å²) in [5.74, 6) is 1.58. The zero-order chi connectivity index (χ0) is 17.2. The van der Waals surface area contributed by atoms with E-state index in [1.165, 1.54) is 5.56 Å². The van der Waals surface area contributed by atoms with Gasteiger partial charge in [-0.05, 0) is 43.3 Å². The fourth-order valence-corrected chi connectivity index (χ4v) is 2.37. The SMILES string of the molecule is COc1ccc(-c2nc(-c3cn(-c4ccc(C)cc4)nn3)no2)cc1. The molecule has 7 heteroatoms. The largest absolute Gasteiger partial charge is 0.497 e. The highest BCUT2D eigenvalue weighted by Gasteiger charge is 2.14. The predicted octanol–water partition coefficient (Wildman–Crippen LogP) is 3.30. The summed E-state index contributed by atoms with van der Waals surface area (Å²) >= 11 is 0. The zero-order valence-corrected chi connectivity index (χ0v) is 13.7. The van der Waals surface area contributed by atoms with Gasteiger partial charge < -0.3 is 9.26 Å². The first-order valence-corrected chi connectivity index (χ1v) is 7.71. The maximum Gasteiger partial charge on any atom is 0.258 e. The Morgan fingerprint density at radius 1 is 1.00 bits per heavy atom. The average Bonchev–Trinajstić information content (AvgIpc) is 3.32. The molecule has 124 valence electrons. The van der Waals surface area contributed by atoms with E-state index in [2.05, 4.69) is 20.5 Å². The molecule has 0 N–H and O–H groups in total. The molecule has 0 radical (unpaired) electrons. The van der Waals surface area contributed by atoms with Crippen LogP contribution in [0.1, 0.15) is 5.56 Å². The van der Waals surface area contributed by atoms with Crippen molar-refractivity contribution < 1.29 is 9.26 Å². The highest BCUT2D eigenvalue weighted by atomic mass is 16.5. The van der Waals surface area contributed by atoms with Gasteiger partial charge in [0.1, 0.15) is 5.75 Å². The molecule has 4 aromatic rings. The van der Waals surface area contributed by atoms with Gasteiger partial charge in [-0.15, -0.1) is 5.10 Å². The molecule has 2 aromatic carbocycles. The van der Waals surface area contributed by atoms with E-state index in [0.717, 1.165) is 17.0 Å². The summed E-state index contributed by atoms with van der Waals surface area (Å²) in [7, 11) is 1.62. The Hall–Kier alpha value is -3.48. The maximum atomic E-state index is 5.33. The second-order valence-electron chi connectivity index (χ2n) is 5.54. The highest BCUT2D eigenvalue weighted by Crippen LogP contribution is 2.23. The van der Waals surface area contributed by atoms with Crippen LogP contribution < -0.4 is 4.74 Å². The minimum atomic E-state index is 0.393. The lowest BCUT2D eigenvalue weighted by Crippen LogP contribution is -1.94. The molecule has 0 fully saturated rings. The number of rotatable bonds is 4. The van der Waals surface area contributed by atoms with Gasteiger partial charge in [-0.1, -0.05) is 28.1 Å². The summed E-state index contributed by atoms with van der Waals surface area (Å²) in [6, 6.07) is 15.4. The summed E-state index contributed by atoms with van der Waals surface area (Å²) < 4.78 is 12.2. The Bertz CT molecular complexity index is 987. The third-order valence-electron chi connectivity index (χ3n) is 3.78. The Balaban J connectivity index is 1.60. The summed E-state index contributed by atoms with van der Waals surface area (Å²) in [4.78, 5) is 4.39. The van der Waals surface area contributed by atoms with E-state index in [1.54, 1.807) is 18.0 Å². The van der Waals surface area contributed by atoms with Crippen LogP contribution in [0.5, 0.6) is 5.75 Å². The van der Waals surface area contributed by atoms with Gasteiger partial charge in [0, 0.05) is 5.56 Å². The second kappa shape index (κ2) is 6.20. The van der Waals surface area contributed by atoms with E-state index in [1.807, 2.05) is 55.5 Å². The van der Waals surface area contributed by atoms with Gasteiger partial charge in [0.05, 0.1) is 19.0 Å². The van der Waals surface area contributed by atoms with Gasteiger partial charge in [-0.25, -0.2) is 4.68 Å². The normalized spacial score (nSPS) is 10.8. The van der Waals surface area contributed by atoms with Crippen LogP contribution in [-0.2, 0) is 0 Å². The highest BCUT2D eigenvalue weighted by molar-refractivity contribution is 5.58. The smallest absolute Gasteiger partial charge is 0.258 e. The first-order valence-electron chi connectivity index (χ1n) is 7.71. The molecular weight excluding hydrogens is 318 g/mol. The molecule has 0 amide bonds. The number of nitrogens with zero attached hydrogens (tertiary/aromatic N) is 5. The van der Waals surface area contributed by atoms with Gasteiger partial charge in [-0.2, -0.15) is 4.98 Å². The molecule has 25 heavy (non-hydrogen) atoms. The standard InChI is InChI=1S/C18H15N5O2/c1-12-3-7-14(8-4-12)23-11-16(20-22-23)17-19-18(25-21-17)13-5-9-15(24-2)10-6-13/h3-11H,1-2H3. The number of hydrogen-bond acceptors (Lipinski definition) is 6. The molecule has 0 aliphatic heterocycles. The minimum Gasteiger partial charge on any atom is -0.497 e. The lowest BCUT2D eigenvalue weighted by Gasteiger charge is -1.99. The van der Waals surface area contributed by atoms with Crippen LogP contribution >= 0.6 is 0 Å². The molecule has 0 aliphatic rings. The number of hydrogen-bond donors (Lipinski definition) is 0. The van der Waals surface area contributed by atoms with Crippen LogP contribution in [0.2, 0.25) is 0 Å². The van der Waals surface area contributed by atoms with Crippen molar-refractivity contribution in [1.29, 1.82) is 0 Å². The van der Waals surface area contributed by atoms with Crippen molar-refractivity contribution in [1.82, 2.24) is 25.1 Å². The van der Waals surface area contributed by atoms with Crippen molar-refractivity contribution in [2.24, 2.45) is 0 Å². The van der Waals surface area contributed by atoms with Crippen LogP contribution in [0, 0.1) is 6.92 Å². The number of methoxy groups -OCH3 is 1. The van der Waals surface area contributed by atoms with Crippen molar-refractivity contribution >= 4 is 0 Å². The van der Waals surface area contributed by atoms with E-state index < -0.39 is 0 Å². The molecule has 0 atom stereocenters. The van der Waals surface area contributed by atoms with E-state index in [-0.39, 0.29) is 0 Å². The minimum absolute atomic E-state index is 0.393. The summed E-state index contributed by atoms with van der Waals surface area (Å²) in [6.45, 7) is 2.04.